The fourth-order valence-electron chi connectivity index (χ4n) is 2.74. The number of hydrogen-bond donors (Lipinski definition) is 2. The first kappa shape index (κ1) is 23.0. The molecule has 0 aliphatic heterocycles. The zero-order valence-corrected chi connectivity index (χ0v) is 18.5. The molecule has 0 radical (unpaired) electrons. The molecule has 168 valence electrons. The molecule has 2 N–H and O–H groups in total. The van der Waals surface area contributed by atoms with Gasteiger partial charge in [0.2, 0.25) is 0 Å². The Morgan fingerprint density at radius 1 is 0.781 bits per heavy atom. The van der Waals surface area contributed by atoms with E-state index >= 15 is 0 Å². The first-order chi connectivity index (χ1) is 15.4. The molecule has 0 aliphatic rings. The molecule has 3 aromatic carbocycles. The van der Waals surface area contributed by atoms with E-state index in [4.69, 9.17) is 14.2 Å². The molecule has 0 saturated carbocycles. The van der Waals surface area contributed by atoms with Gasteiger partial charge in [-0.25, -0.2) is 8.42 Å². The summed E-state index contributed by atoms with van der Waals surface area (Å²) in [5.74, 6) is 1.38. The van der Waals surface area contributed by atoms with Crippen molar-refractivity contribution in [2.45, 2.75) is 11.8 Å². The van der Waals surface area contributed by atoms with Crippen molar-refractivity contribution in [3.8, 4) is 17.2 Å². The van der Waals surface area contributed by atoms with Gasteiger partial charge >= 0.3 is 0 Å². The minimum Gasteiger partial charge on any atom is -0.497 e. The SMILES string of the molecule is CCOc1ccc(NC(=O)COc2ccc(S(=O)(=O)Nc3ccc(OC)cc3)cc2)cc1. The van der Waals surface area contributed by atoms with Crippen LogP contribution in [0.3, 0.4) is 0 Å². The maximum atomic E-state index is 12.5. The summed E-state index contributed by atoms with van der Waals surface area (Å²) in [6.07, 6.45) is 0. The summed E-state index contributed by atoms with van der Waals surface area (Å²) >= 11 is 0. The van der Waals surface area contributed by atoms with Gasteiger partial charge in [-0.2, -0.15) is 0 Å². The van der Waals surface area contributed by atoms with Gasteiger partial charge in [0, 0.05) is 11.4 Å². The van der Waals surface area contributed by atoms with Crippen LogP contribution in [-0.4, -0.2) is 34.6 Å². The summed E-state index contributed by atoms with van der Waals surface area (Å²) in [6, 6.07) is 19.3. The third kappa shape index (κ3) is 6.39. The van der Waals surface area contributed by atoms with E-state index < -0.39 is 10.0 Å². The number of carbonyl (C=O) groups excluding carboxylic acids is 1. The zero-order chi connectivity index (χ0) is 23.0. The van der Waals surface area contributed by atoms with Crippen molar-refractivity contribution in [3.63, 3.8) is 0 Å². The number of ether oxygens (including phenoxy) is 3. The molecule has 32 heavy (non-hydrogen) atoms. The van der Waals surface area contributed by atoms with Crippen LogP contribution in [0.5, 0.6) is 17.2 Å². The van der Waals surface area contributed by atoms with E-state index in [-0.39, 0.29) is 17.4 Å². The lowest BCUT2D eigenvalue weighted by atomic mass is 10.3. The topological polar surface area (TPSA) is 103 Å². The highest BCUT2D eigenvalue weighted by Crippen LogP contribution is 2.21. The summed E-state index contributed by atoms with van der Waals surface area (Å²) < 4.78 is 43.5. The highest BCUT2D eigenvalue weighted by atomic mass is 32.2. The number of sulfonamides is 1. The predicted octanol–water partition coefficient (Wildman–Crippen LogP) is 3.91. The monoisotopic (exact) mass is 456 g/mol. The van der Waals surface area contributed by atoms with Crippen LogP contribution in [-0.2, 0) is 14.8 Å². The van der Waals surface area contributed by atoms with Gasteiger partial charge in [0.05, 0.1) is 18.6 Å². The Bertz CT molecular complexity index is 1130. The average Bonchev–Trinajstić information content (AvgIpc) is 2.80. The largest absolute Gasteiger partial charge is 0.497 e. The molecule has 0 aliphatic carbocycles. The van der Waals surface area contributed by atoms with E-state index in [9.17, 15) is 13.2 Å². The molecule has 0 spiro atoms. The first-order valence-electron chi connectivity index (χ1n) is 9.82. The lowest BCUT2D eigenvalue weighted by Crippen LogP contribution is -2.20. The summed E-state index contributed by atoms with van der Waals surface area (Å²) in [5, 5.41) is 2.72. The van der Waals surface area contributed by atoms with Crippen LogP contribution in [0.15, 0.2) is 77.7 Å². The maximum Gasteiger partial charge on any atom is 0.262 e. The molecular formula is C23H24N2O6S. The standard InChI is InChI=1S/C23H24N2O6S/c1-3-30-20-10-4-17(5-11-20)24-23(26)16-31-21-12-14-22(15-13-21)32(27,28)25-18-6-8-19(29-2)9-7-18/h4-15,25H,3,16H2,1-2H3,(H,24,26). The Kier molecular flexibility index (Phi) is 7.56. The minimum atomic E-state index is -3.77. The Morgan fingerprint density at radius 3 is 1.91 bits per heavy atom. The molecule has 0 saturated heterocycles. The first-order valence-corrected chi connectivity index (χ1v) is 11.3. The number of nitrogens with one attached hydrogen (secondary N) is 2. The van der Waals surface area contributed by atoms with Crippen molar-refractivity contribution in [2.75, 3.05) is 30.4 Å². The van der Waals surface area contributed by atoms with Gasteiger partial charge in [0.25, 0.3) is 15.9 Å². The summed E-state index contributed by atoms with van der Waals surface area (Å²) in [6.45, 7) is 2.24. The average molecular weight is 457 g/mol. The van der Waals surface area contributed by atoms with Crippen LogP contribution >= 0.6 is 0 Å². The number of rotatable bonds is 10. The smallest absolute Gasteiger partial charge is 0.262 e. The van der Waals surface area contributed by atoms with Crippen molar-refractivity contribution in [2.24, 2.45) is 0 Å². The van der Waals surface area contributed by atoms with E-state index in [0.717, 1.165) is 5.75 Å². The van der Waals surface area contributed by atoms with E-state index in [2.05, 4.69) is 10.0 Å². The van der Waals surface area contributed by atoms with Crippen molar-refractivity contribution < 1.29 is 27.4 Å². The van der Waals surface area contributed by atoms with Gasteiger partial charge in [-0.15, -0.1) is 0 Å². The van der Waals surface area contributed by atoms with E-state index in [1.807, 2.05) is 6.92 Å². The fourth-order valence-corrected chi connectivity index (χ4v) is 3.79. The molecule has 3 aromatic rings. The van der Waals surface area contributed by atoms with Crippen molar-refractivity contribution >= 4 is 27.3 Å². The lowest BCUT2D eigenvalue weighted by Gasteiger charge is -2.11. The molecule has 0 fully saturated rings. The van der Waals surface area contributed by atoms with E-state index in [0.29, 0.717) is 29.5 Å². The Morgan fingerprint density at radius 2 is 1.31 bits per heavy atom. The normalized spacial score (nSPS) is 10.8. The molecule has 0 heterocycles. The Balaban J connectivity index is 1.53. The number of amides is 1. The van der Waals surface area contributed by atoms with E-state index in [1.54, 1.807) is 48.5 Å². The predicted molar refractivity (Wildman–Crippen MR) is 122 cm³/mol. The number of benzene rings is 3. The number of methoxy groups -OCH3 is 1. The van der Waals surface area contributed by atoms with Gasteiger partial charge < -0.3 is 19.5 Å². The quantitative estimate of drug-likeness (QED) is 0.479. The van der Waals surface area contributed by atoms with Crippen LogP contribution in [0, 0.1) is 0 Å². The van der Waals surface area contributed by atoms with Gasteiger partial charge in [-0.3, -0.25) is 9.52 Å². The van der Waals surface area contributed by atoms with Crippen LogP contribution in [0.4, 0.5) is 11.4 Å². The molecule has 3 rings (SSSR count). The Labute approximate surface area is 187 Å². The molecule has 0 aromatic heterocycles. The second-order valence-corrected chi connectivity index (χ2v) is 8.28. The number of carbonyl (C=O) groups is 1. The second kappa shape index (κ2) is 10.5. The molecule has 0 atom stereocenters. The molecular weight excluding hydrogens is 432 g/mol. The number of anilines is 2. The third-order valence-corrected chi connectivity index (χ3v) is 5.69. The van der Waals surface area contributed by atoms with Gasteiger partial charge in [0.1, 0.15) is 17.2 Å². The highest BCUT2D eigenvalue weighted by molar-refractivity contribution is 7.92. The third-order valence-electron chi connectivity index (χ3n) is 4.30. The van der Waals surface area contributed by atoms with Crippen LogP contribution in [0.1, 0.15) is 6.92 Å². The van der Waals surface area contributed by atoms with Crippen molar-refractivity contribution in [3.05, 3.63) is 72.8 Å². The van der Waals surface area contributed by atoms with Gasteiger partial charge in [-0.05, 0) is 79.7 Å². The van der Waals surface area contributed by atoms with Crippen LogP contribution < -0.4 is 24.2 Å². The molecule has 8 nitrogen and oxygen atoms in total. The number of hydrogen-bond acceptors (Lipinski definition) is 6. The summed E-state index contributed by atoms with van der Waals surface area (Å²) in [7, 11) is -2.23. The molecule has 9 heteroatoms. The second-order valence-electron chi connectivity index (χ2n) is 6.60. The highest BCUT2D eigenvalue weighted by Gasteiger charge is 2.14. The van der Waals surface area contributed by atoms with Gasteiger partial charge in [-0.1, -0.05) is 0 Å². The molecule has 1 amide bonds. The minimum absolute atomic E-state index is 0.0690. The van der Waals surface area contributed by atoms with Crippen LogP contribution in [0.2, 0.25) is 0 Å². The van der Waals surface area contributed by atoms with Crippen LogP contribution in [0.25, 0.3) is 0 Å². The van der Waals surface area contributed by atoms with E-state index in [1.165, 1.54) is 31.4 Å². The molecule has 0 unspecified atom stereocenters. The maximum absolute atomic E-state index is 12.5. The fraction of sp³-hybridized carbons (Fsp3) is 0.174. The molecule has 0 bridgehead atoms. The lowest BCUT2D eigenvalue weighted by molar-refractivity contribution is -0.118. The Hall–Kier alpha value is -3.72. The van der Waals surface area contributed by atoms with Crippen molar-refractivity contribution in [1.29, 1.82) is 0 Å². The summed E-state index contributed by atoms with van der Waals surface area (Å²) in [5.41, 5.74) is 1.03. The van der Waals surface area contributed by atoms with Crippen molar-refractivity contribution in [1.82, 2.24) is 0 Å². The summed E-state index contributed by atoms with van der Waals surface area (Å²) in [4.78, 5) is 12.2. The van der Waals surface area contributed by atoms with Gasteiger partial charge in [0.15, 0.2) is 6.61 Å². The zero-order valence-electron chi connectivity index (χ0n) is 17.7.